The highest BCUT2D eigenvalue weighted by Crippen LogP contribution is 2.31. The Balaban J connectivity index is 2.21. The van der Waals surface area contributed by atoms with Crippen molar-refractivity contribution in [2.24, 2.45) is 0 Å². The molecule has 0 aliphatic heterocycles. The second kappa shape index (κ2) is 4.58. The van der Waals surface area contributed by atoms with Gasteiger partial charge in [-0.15, -0.1) is 10.2 Å². The van der Waals surface area contributed by atoms with Crippen molar-refractivity contribution in [1.82, 2.24) is 20.2 Å². The summed E-state index contributed by atoms with van der Waals surface area (Å²) in [4.78, 5) is 7.69. The molecule has 15 heavy (non-hydrogen) atoms. The van der Waals surface area contributed by atoms with Crippen molar-refractivity contribution in [3.63, 3.8) is 0 Å². The van der Waals surface area contributed by atoms with Gasteiger partial charge in [0.1, 0.15) is 12.0 Å². The van der Waals surface area contributed by atoms with Gasteiger partial charge in [-0.25, -0.2) is 9.97 Å². The topological polar surface area (TPSA) is 51.6 Å². The molecule has 2 heterocycles. The van der Waals surface area contributed by atoms with Gasteiger partial charge in [-0.1, -0.05) is 11.3 Å². The quantitative estimate of drug-likeness (QED) is 0.778. The fourth-order valence-corrected chi connectivity index (χ4v) is 2.30. The van der Waals surface area contributed by atoms with Gasteiger partial charge in [0.05, 0.1) is 0 Å². The maximum absolute atomic E-state index is 12.0. The van der Waals surface area contributed by atoms with Crippen LogP contribution in [0.4, 0.5) is 8.78 Å². The van der Waals surface area contributed by atoms with E-state index in [9.17, 15) is 8.78 Å². The fraction of sp³-hybridized carbons (Fsp3) is 0.143. The lowest BCUT2D eigenvalue weighted by Crippen LogP contribution is -1.82. The summed E-state index contributed by atoms with van der Waals surface area (Å²) in [6, 6.07) is 1.65. The van der Waals surface area contributed by atoms with Crippen LogP contribution in [0.2, 0.25) is 0 Å². The summed E-state index contributed by atoms with van der Waals surface area (Å²) >= 11 is 1.47. The van der Waals surface area contributed by atoms with Crippen molar-refractivity contribution in [2.45, 2.75) is 10.1 Å². The Morgan fingerprint density at radius 1 is 1.33 bits per heavy atom. The Hall–Kier alpha value is -1.15. The minimum Gasteiger partial charge on any atom is -0.245 e. The third-order valence-electron chi connectivity index (χ3n) is 1.40. The molecule has 0 fully saturated rings. The molecule has 2 aromatic rings. The predicted molar refractivity (Wildman–Crippen MR) is 52.8 cm³/mol. The van der Waals surface area contributed by atoms with Gasteiger partial charge in [0.15, 0.2) is 9.35 Å². The van der Waals surface area contributed by atoms with E-state index >= 15 is 0 Å². The van der Waals surface area contributed by atoms with Crippen LogP contribution in [0.5, 0.6) is 0 Å². The lowest BCUT2D eigenvalue weighted by molar-refractivity contribution is 0.252. The van der Waals surface area contributed by atoms with Gasteiger partial charge in [-0.2, -0.15) is 8.78 Å². The predicted octanol–water partition coefficient (Wildman–Crippen LogP) is 2.31. The van der Waals surface area contributed by atoms with Crippen LogP contribution >= 0.6 is 23.1 Å². The minimum absolute atomic E-state index is 0.235. The first-order valence-corrected chi connectivity index (χ1v) is 5.50. The standard InChI is InChI=1S/C7H4F2N4S2/c8-6(9)15-7-13-12-5(14-7)4-1-2-10-3-11-4/h1-3,6H. The highest BCUT2D eigenvalue weighted by Gasteiger charge is 2.12. The maximum atomic E-state index is 12.0. The van der Waals surface area contributed by atoms with E-state index < -0.39 is 5.76 Å². The Labute approximate surface area is 91.8 Å². The average molecular weight is 246 g/mol. The second-order valence-electron chi connectivity index (χ2n) is 2.35. The van der Waals surface area contributed by atoms with Crippen LogP contribution in [-0.2, 0) is 0 Å². The summed E-state index contributed by atoms with van der Waals surface area (Å²) in [5.41, 5.74) is 0.587. The van der Waals surface area contributed by atoms with E-state index in [1.807, 2.05) is 0 Å². The zero-order chi connectivity index (χ0) is 10.7. The first kappa shape index (κ1) is 10.4. The smallest absolute Gasteiger partial charge is 0.245 e. The lowest BCUT2D eigenvalue weighted by atomic mass is 10.4. The first-order valence-electron chi connectivity index (χ1n) is 3.80. The molecule has 0 bridgehead atoms. The molecule has 4 nitrogen and oxygen atoms in total. The molecule has 0 N–H and O–H groups in total. The van der Waals surface area contributed by atoms with Crippen molar-refractivity contribution >= 4 is 23.1 Å². The van der Waals surface area contributed by atoms with Crippen molar-refractivity contribution in [1.29, 1.82) is 0 Å². The lowest BCUT2D eigenvalue weighted by Gasteiger charge is -1.91. The average Bonchev–Trinajstić information content (AvgIpc) is 2.67. The van der Waals surface area contributed by atoms with E-state index in [1.54, 1.807) is 12.3 Å². The van der Waals surface area contributed by atoms with E-state index in [0.717, 1.165) is 11.3 Å². The van der Waals surface area contributed by atoms with Gasteiger partial charge in [0.25, 0.3) is 5.76 Å². The summed E-state index contributed by atoms with van der Waals surface area (Å²) in [6.07, 6.45) is 2.93. The number of alkyl halides is 2. The fourth-order valence-electron chi connectivity index (χ4n) is 0.854. The summed E-state index contributed by atoms with van der Waals surface area (Å²) < 4.78 is 24.3. The van der Waals surface area contributed by atoms with E-state index in [-0.39, 0.29) is 4.34 Å². The number of aromatic nitrogens is 4. The number of hydrogen-bond acceptors (Lipinski definition) is 6. The highest BCUT2D eigenvalue weighted by atomic mass is 32.2. The number of thioether (sulfide) groups is 1. The van der Waals surface area contributed by atoms with Crippen LogP contribution in [0.1, 0.15) is 0 Å². The van der Waals surface area contributed by atoms with Gasteiger partial charge >= 0.3 is 0 Å². The molecule has 0 saturated carbocycles. The minimum atomic E-state index is -2.48. The Bertz CT molecular complexity index is 434. The molecule has 0 amide bonds. The van der Waals surface area contributed by atoms with Crippen LogP contribution in [0.3, 0.4) is 0 Å². The summed E-state index contributed by atoms with van der Waals surface area (Å²) in [6.45, 7) is 0. The van der Waals surface area contributed by atoms with Gasteiger partial charge in [-0.3, -0.25) is 0 Å². The van der Waals surface area contributed by atoms with Crippen molar-refractivity contribution < 1.29 is 8.78 Å². The molecule has 0 unspecified atom stereocenters. The molecule has 8 heteroatoms. The van der Waals surface area contributed by atoms with Crippen molar-refractivity contribution in [3.05, 3.63) is 18.6 Å². The molecule has 78 valence electrons. The van der Waals surface area contributed by atoms with Crippen LogP contribution in [0.15, 0.2) is 22.9 Å². The molecule has 0 atom stereocenters. The zero-order valence-corrected chi connectivity index (χ0v) is 8.80. The third kappa shape index (κ3) is 2.66. The van der Waals surface area contributed by atoms with Crippen molar-refractivity contribution in [2.75, 3.05) is 0 Å². The van der Waals surface area contributed by atoms with Crippen LogP contribution in [0.25, 0.3) is 10.7 Å². The van der Waals surface area contributed by atoms with E-state index in [1.165, 1.54) is 6.33 Å². The number of rotatable bonds is 3. The molecule has 0 spiro atoms. The molecule has 0 radical (unpaired) electrons. The summed E-state index contributed by atoms with van der Waals surface area (Å²) in [5, 5.41) is 7.90. The molecule has 0 aromatic carbocycles. The molecule has 2 aromatic heterocycles. The van der Waals surface area contributed by atoms with E-state index in [4.69, 9.17) is 0 Å². The van der Waals surface area contributed by atoms with Gasteiger partial charge in [0, 0.05) is 6.20 Å². The Morgan fingerprint density at radius 2 is 2.20 bits per heavy atom. The molecular formula is C7H4F2N4S2. The third-order valence-corrected chi connectivity index (χ3v) is 3.14. The van der Waals surface area contributed by atoms with Crippen molar-refractivity contribution in [3.8, 4) is 10.7 Å². The van der Waals surface area contributed by atoms with Gasteiger partial charge in [-0.05, 0) is 17.8 Å². The van der Waals surface area contributed by atoms with Crippen LogP contribution in [-0.4, -0.2) is 25.9 Å². The summed E-state index contributed by atoms with van der Waals surface area (Å²) in [5.74, 6) is -2.48. The summed E-state index contributed by atoms with van der Waals surface area (Å²) in [7, 11) is 0. The largest absolute Gasteiger partial charge is 0.291 e. The first-order chi connectivity index (χ1) is 7.25. The Morgan fingerprint density at radius 3 is 2.87 bits per heavy atom. The number of nitrogens with zero attached hydrogens (tertiary/aromatic N) is 4. The van der Waals surface area contributed by atoms with E-state index in [2.05, 4.69) is 20.2 Å². The number of halogens is 2. The molecule has 0 aliphatic rings. The normalized spacial score (nSPS) is 10.9. The Kier molecular flexibility index (Phi) is 3.17. The van der Waals surface area contributed by atoms with E-state index in [0.29, 0.717) is 22.5 Å². The highest BCUT2D eigenvalue weighted by molar-refractivity contribution is 8.01. The molecule has 0 saturated heterocycles. The molecule has 2 rings (SSSR count). The second-order valence-corrected chi connectivity index (χ2v) is 4.56. The van der Waals surface area contributed by atoms with Crippen LogP contribution < -0.4 is 0 Å². The maximum Gasteiger partial charge on any atom is 0.291 e. The van der Waals surface area contributed by atoms with Crippen LogP contribution in [0, 0.1) is 0 Å². The van der Waals surface area contributed by atoms with Gasteiger partial charge < -0.3 is 0 Å². The molecule has 0 aliphatic carbocycles. The monoisotopic (exact) mass is 246 g/mol. The SMILES string of the molecule is FC(F)Sc1nnc(-c2ccncn2)s1. The molecular weight excluding hydrogens is 242 g/mol. The number of hydrogen-bond donors (Lipinski definition) is 0. The van der Waals surface area contributed by atoms with Gasteiger partial charge in [0.2, 0.25) is 0 Å². The zero-order valence-electron chi connectivity index (χ0n) is 7.17.